The van der Waals surface area contributed by atoms with Crippen molar-refractivity contribution in [3.63, 3.8) is 0 Å². The van der Waals surface area contributed by atoms with Gasteiger partial charge in [-0.2, -0.15) is 9.97 Å². The van der Waals surface area contributed by atoms with E-state index in [2.05, 4.69) is 39.6 Å². The fraction of sp³-hybridized carbons (Fsp3) is 0.333. The highest BCUT2D eigenvalue weighted by molar-refractivity contribution is 5.74. The van der Waals surface area contributed by atoms with Crippen LogP contribution in [0.2, 0.25) is 0 Å². The molecule has 4 rings (SSSR count). The van der Waals surface area contributed by atoms with Crippen LogP contribution in [-0.4, -0.2) is 34.6 Å². The van der Waals surface area contributed by atoms with Crippen molar-refractivity contribution in [3.05, 3.63) is 70.3 Å². The van der Waals surface area contributed by atoms with Crippen molar-refractivity contribution in [2.75, 3.05) is 35.6 Å². The number of nitrogen functional groups attached to an aromatic ring is 1. The number of nitrogens with one attached hydrogen (secondary N) is 1. The second-order valence-electron chi connectivity index (χ2n) is 8.07. The van der Waals surface area contributed by atoms with Gasteiger partial charge in [-0.3, -0.25) is 10.1 Å². The fourth-order valence-corrected chi connectivity index (χ4v) is 4.09. The average Bonchev–Trinajstić information content (AvgIpc) is 2.81. The molecule has 33 heavy (non-hydrogen) atoms. The zero-order valence-electron chi connectivity index (χ0n) is 18.6. The molecular weight excluding hydrogens is 420 g/mol. The molecule has 0 spiro atoms. The second-order valence-corrected chi connectivity index (χ2v) is 8.07. The number of nitrogens with two attached hydrogens (primary N) is 1. The maximum Gasteiger partial charge on any atom is 0.353 e. The third kappa shape index (κ3) is 5.49. The summed E-state index contributed by atoms with van der Waals surface area (Å²) in [5.41, 5.74) is 7.66. The van der Waals surface area contributed by atoms with E-state index in [0.29, 0.717) is 24.2 Å². The molecule has 3 N–H and O–H groups in total. The van der Waals surface area contributed by atoms with Gasteiger partial charge in [0.25, 0.3) is 0 Å². The topological polar surface area (TPSA) is 119 Å². The first-order valence-electron chi connectivity index (χ1n) is 11.1. The molecule has 9 heteroatoms. The highest BCUT2D eigenvalue weighted by Crippen LogP contribution is 2.34. The molecule has 1 fully saturated rings. The summed E-state index contributed by atoms with van der Waals surface area (Å²) >= 11 is 0. The molecule has 0 saturated carbocycles. The molecule has 2 heterocycles. The lowest BCUT2D eigenvalue weighted by molar-refractivity contribution is -0.383. The minimum atomic E-state index is -0.553. The summed E-state index contributed by atoms with van der Waals surface area (Å²) in [4.78, 5) is 21.9. The van der Waals surface area contributed by atoms with Gasteiger partial charge in [0.15, 0.2) is 0 Å². The van der Waals surface area contributed by atoms with Crippen LogP contribution in [0.15, 0.2) is 54.6 Å². The molecule has 2 aromatic carbocycles. The summed E-state index contributed by atoms with van der Waals surface area (Å²) in [5.74, 6) is 1.65. The first-order chi connectivity index (χ1) is 16.0. The van der Waals surface area contributed by atoms with Gasteiger partial charge in [-0.1, -0.05) is 30.3 Å². The Morgan fingerprint density at radius 3 is 2.45 bits per heavy atom. The van der Waals surface area contributed by atoms with Crippen molar-refractivity contribution in [2.45, 2.75) is 26.2 Å². The van der Waals surface area contributed by atoms with Crippen LogP contribution in [0.3, 0.4) is 0 Å². The number of hydrogen-bond donors (Lipinski definition) is 2. The summed E-state index contributed by atoms with van der Waals surface area (Å²) in [7, 11) is 0. The third-order valence-electron chi connectivity index (χ3n) is 5.77. The van der Waals surface area contributed by atoms with Crippen LogP contribution < -0.4 is 20.7 Å². The summed E-state index contributed by atoms with van der Waals surface area (Å²) in [6.45, 7) is 4.02. The highest BCUT2D eigenvalue weighted by Gasteiger charge is 2.27. The summed E-state index contributed by atoms with van der Waals surface area (Å²) in [6.07, 6.45) is 3.04. The SMILES string of the molecule is CCOc1ccc(Nc2nc(N3CCC(Cc4ccccc4)CC3)nc(N)c2[N+](=O)[O-])cc1. The van der Waals surface area contributed by atoms with Gasteiger partial charge >= 0.3 is 5.69 Å². The number of nitrogens with zero attached hydrogens (tertiary/aromatic N) is 4. The third-order valence-corrected chi connectivity index (χ3v) is 5.77. The Hall–Kier alpha value is -3.88. The first-order valence-corrected chi connectivity index (χ1v) is 11.1. The summed E-state index contributed by atoms with van der Waals surface area (Å²) in [5, 5.41) is 14.7. The van der Waals surface area contributed by atoms with E-state index in [1.165, 1.54) is 5.56 Å². The number of hydrogen-bond acceptors (Lipinski definition) is 8. The van der Waals surface area contributed by atoms with Gasteiger partial charge in [-0.05, 0) is 61.9 Å². The minimum absolute atomic E-state index is 0.0815. The largest absolute Gasteiger partial charge is 0.494 e. The van der Waals surface area contributed by atoms with Crippen LogP contribution in [0.25, 0.3) is 0 Å². The van der Waals surface area contributed by atoms with Crippen LogP contribution >= 0.6 is 0 Å². The van der Waals surface area contributed by atoms with Crippen molar-refractivity contribution in [1.82, 2.24) is 9.97 Å². The number of nitro groups is 1. The Bertz CT molecular complexity index is 1080. The molecule has 3 aromatic rings. The van der Waals surface area contributed by atoms with E-state index in [1.807, 2.05) is 17.9 Å². The second kappa shape index (κ2) is 10.2. The molecular formula is C24H28N6O3. The normalized spacial score (nSPS) is 14.2. The summed E-state index contributed by atoms with van der Waals surface area (Å²) in [6, 6.07) is 17.6. The molecule has 0 amide bonds. The quantitative estimate of drug-likeness (QED) is 0.380. The Morgan fingerprint density at radius 1 is 1.12 bits per heavy atom. The molecule has 9 nitrogen and oxygen atoms in total. The smallest absolute Gasteiger partial charge is 0.353 e. The van der Waals surface area contributed by atoms with Crippen molar-refractivity contribution in [1.29, 1.82) is 0 Å². The molecule has 1 saturated heterocycles. The van der Waals surface area contributed by atoms with E-state index >= 15 is 0 Å². The van der Waals surface area contributed by atoms with Gasteiger partial charge in [0.2, 0.25) is 17.6 Å². The predicted octanol–water partition coefficient (Wildman–Crippen LogP) is 4.57. The van der Waals surface area contributed by atoms with E-state index in [4.69, 9.17) is 10.5 Å². The van der Waals surface area contributed by atoms with Gasteiger partial charge in [0, 0.05) is 18.8 Å². The van der Waals surface area contributed by atoms with Crippen molar-refractivity contribution < 1.29 is 9.66 Å². The molecule has 0 aliphatic carbocycles. The van der Waals surface area contributed by atoms with E-state index in [9.17, 15) is 10.1 Å². The number of rotatable bonds is 8. The summed E-state index contributed by atoms with van der Waals surface area (Å²) < 4.78 is 5.45. The Labute approximate surface area is 192 Å². The van der Waals surface area contributed by atoms with E-state index in [-0.39, 0.29) is 17.3 Å². The Balaban J connectivity index is 1.50. The lowest BCUT2D eigenvalue weighted by Gasteiger charge is -2.32. The van der Waals surface area contributed by atoms with Crippen molar-refractivity contribution >= 4 is 29.0 Å². The van der Waals surface area contributed by atoms with E-state index in [1.54, 1.807) is 24.3 Å². The van der Waals surface area contributed by atoms with Gasteiger partial charge in [-0.25, -0.2) is 0 Å². The van der Waals surface area contributed by atoms with Crippen molar-refractivity contribution in [2.24, 2.45) is 5.92 Å². The molecule has 0 radical (unpaired) electrons. The number of piperidine rings is 1. The Kier molecular flexibility index (Phi) is 6.87. The first kappa shape index (κ1) is 22.3. The van der Waals surface area contributed by atoms with Crippen LogP contribution in [0.5, 0.6) is 5.75 Å². The molecule has 0 unspecified atom stereocenters. The number of ether oxygens (including phenoxy) is 1. The van der Waals surface area contributed by atoms with Crippen LogP contribution in [0, 0.1) is 16.0 Å². The van der Waals surface area contributed by atoms with Gasteiger partial charge in [0.1, 0.15) is 5.75 Å². The molecule has 1 aliphatic rings. The lowest BCUT2D eigenvalue weighted by atomic mass is 9.90. The Morgan fingerprint density at radius 2 is 1.82 bits per heavy atom. The standard InChI is InChI=1S/C24H28N6O3/c1-2-33-20-10-8-19(9-11-20)26-23-21(30(31)32)22(25)27-24(28-23)29-14-12-18(13-15-29)16-17-6-4-3-5-7-17/h3-11,18H,2,12-16H2,1H3,(H3,25,26,27,28). The monoisotopic (exact) mass is 448 g/mol. The van der Waals surface area contributed by atoms with Crippen LogP contribution in [-0.2, 0) is 6.42 Å². The molecule has 0 atom stereocenters. The van der Waals surface area contributed by atoms with Crippen LogP contribution in [0.4, 0.5) is 29.0 Å². The van der Waals surface area contributed by atoms with Gasteiger partial charge in [0.05, 0.1) is 11.5 Å². The maximum absolute atomic E-state index is 11.6. The molecule has 1 aromatic heterocycles. The highest BCUT2D eigenvalue weighted by atomic mass is 16.6. The fourth-order valence-electron chi connectivity index (χ4n) is 4.09. The van der Waals surface area contributed by atoms with E-state index in [0.717, 1.165) is 38.1 Å². The lowest BCUT2D eigenvalue weighted by Crippen LogP contribution is -2.35. The average molecular weight is 449 g/mol. The molecule has 172 valence electrons. The predicted molar refractivity (Wildman–Crippen MR) is 129 cm³/mol. The van der Waals surface area contributed by atoms with Crippen LogP contribution in [0.1, 0.15) is 25.3 Å². The number of anilines is 4. The van der Waals surface area contributed by atoms with Crippen molar-refractivity contribution in [3.8, 4) is 5.75 Å². The minimum Gasteiger partial charge on any atom is -0.494 e. The zero-order chi connectivity index (χ0) is 23.2. The molecule has 1 aliphatic heterocycles. The maximum atomic E-state index is 11.6. The molecule has 0 bridgehead atoms. The number of benzene rings is 2. The number of aromatic nitrogens is 2. The van der Waals surface area contributed by atoms with E-state index < -0.39 is 4.92 Å². The van der Waals surface area contributed by atoms with Gasteiger partial charge < -0.3 is 20.7 Å². The van der Waals surface area contributed by atoms with Gasteiger partial charge in [-0.15, -0.1) is 0 Å². The zero-order valence-corrected chi connectivity index (χ0v) is 18.6.